The van der Waals surface area contributed by atoms with Crippen molar-refractivity contribution in [2.75, 3.05) is 11.9 Å². The first-order chi connectivity index (χ1) is 16.7. The molecule has 6 rings (SSSR count). The fourth-order valence-electron chi connectivity index (χ4n) is 6.70. The average Bonchev–Trinajstić information content (AvgIpc) is 2.81. The fourth-order valence-corrected chi connectivity index (χ4v) is 6.70. The summed E-state index contributed by atoms with van der Waals surface area (Å²) in [6.07, 6.45) is 4.49. The highest BCUT2D eigenvalue weighted by Crippen LogP contribution is 2.61. The smallest absolute Gasteiger partial charge is 0.312 e. The summed E-state index contributed by atoms with van der Waals surface area (Å²) >= 11 is 0. The summed E-state index contributed by atoms with van der Waals surface area (Å²) in [6, 6.07) is 14.6. The molecule has 35 heavy (non-hydrogen) atoms. The van der Waals surface area contributed by atoms with Crippen LogP contribution in [0.15, 0.2) is 48.5 Å². The van der Waals surface area contributed by atoms with E-state index in [9.17, 15) is 19.5 Å². The van der Waals surface area contributed by atoms with Gasteiger partial charge in [-0.05, 0) is 75.0 Å². The van der Waals surface area contributed by atoms with Gasteiger partial charge in [0, 0.05) is 6.54 Å². The van der Waals surface area contributed by atoms with Crippen LogP contribution in [0.5, 0.6) is 0 Å². The molecule has 2 unspecified atom stereocenters. The molecule has 4 fully saturated rings. The number of carbonyl (C=O) groups excluding carboxylic acids is 3. The minimum atomic E-state index is -0.768. The van der Waals surface area contributed by atoms with Gasteiger partial charge in [0.25, 0.3) is 11.8 Å². The summed E-state index contributed by atoms with van der Waals surface area (Å²) < 4.78 is 5.46. The van der Waals surface area contributed by atoms with Gasteiger partial charge in [-0.25, -0.2) is 0 Å². The molecule has 2 atom stereocenters. The molecule has 0 radical (unpaired) electrons. The van der Waals surface area contributed by atoms with Crippen LogP contribution < -0.4 is 10.6 Å². The van der Waals surface area contributed by atoms with Crippen LogP contribution in [0, 0.1) is 24.2 Å². The maximum Gasteiger partial charge on any atom is 0.312 e. The summed E-state index contributed by atoms with van der Waals surface area (Å²) in [5.74, 6) is -0.481. The third kappa shape index (κ3) is 4.96. The Balaban J connectivity index is 1.17. The van der Waals surface area contributed by atoms with Gasteiger partial charge >= 0.3 is 5.97 Å². The number of esters is 1. The van der Waals surface area contributed by atoms with Crippen LogP contribution in [0.3, 0.4) is 0 Å². The summed E-state index contributed by atoms with van der Waals surface area (Å²) in [6.45, 7) is 1.95. The zero-order valence-electron chi connectivity index (χ0n) is 20.0. The number of benzene rings is 2. The van der Waals surface area contributed by atoms with Crippen molar-refractivity contribution in [3.63, 3.8) is 0 Å². The molecular weight excluding hydrogens is 444 g/mol. The lowest BCUT2D eigenvalue weighted by atomic mass is 9.48. The van der Waals surface area contributed by atoms with Crippen molar-refractivity contribution in [1.82, 2.24) is 5.32 Å². The first kappa shape index (κ1) is 23.5. The van der Waals surface area contributed by atoms with E-state index in [0.717, 1.165) is 43.2 Å². The van der Waals surface area contributed by atoms with Gasteiger partial charge in [0.1, 0.15) is 0 Å². The van der Waals surface area contributed by atoms with E-state index in [-0.39, 0.29) is 11.9 Å². The number of aliphatic hydroxyl groups is 1. The maximum atomic E-state index is 13.0. The molecule has 2 amide bonds. The predicted octanol–water partition coefficient (Wildman–Crippen LogP) is 3.74. The van der Waals surface area contributed by atoms with Gasteiger partial charge in [0.2, 0.25) is 0 Å². The van der Waals surface area contributed by atoms with Crippen LogP contribution in [0.1, 0.15) is 60.0 Å². The number of ether oxygens (including phenoxy) is 1. The minimum absolute atomic E-state index is 0.305. The van der Waals surface area contributed by atoms with Gasteiger partial charge in [-0.2, -0.15) is 0 Å². The molecule has 4 aliphatic rings. The third-order valence-electron chi connectivity index (χ3n) is 7.82. The van der Waals surface area contributed by atoms with E-state index in [1.54, 1.807) is 24.3 Å². The molecule has 4 aliphatic carbocycles. The SMILES string of the molecule is Cc1ccc(CNC(=O)c2ccccc2NC(=O)COC(=O)C23CC4CC(CC(O)(C4)C2)C3)cc1. The van der Waals surface area contributed by atoms with Gasteiger partial charge in [-0.15, -0.1) is 0 Å². The quantitative estimate of drug-likeness (QED) is 0.528. The van der Waals surface area contributed by atoms with E-state index < -0.39 is 23.5 Å². The number of aryl methyl sites for hydroxylation is 1. The Morgan fingerprint density at radius 1 is 1.00 bits per heavy atom. The van der Waals surface area contributed by atoms with Gasteiger partial charge in [0.15, 0.2) is 6.61 Å². The van der Waals surface area contributed by atoms with Crippen molar-refractivity contribution in [3.8, 4) is 0 Å². The van der Waals surface area contributed by atoms with E-state index in [2.05, 4.69) is 10.6 Å². The number of carbonyl (C=O) groups is 3. The Morgan fingerprint density at radius 3 is 2.37 bits per heavy atom. The average molecular weight is 477 g/mol. The summed E-state index contributed by atoms with van der Waals surface area (Å²) in [4.78, 5) is 38.4. The molecule has 0 spiro atoms. The van der Waals surface area contributed by atoms with Crippen molar-refractivity contribution in [1.29, 1.82) is 0 Å². The zero-order chi connectivity index (χ0) is 24.6. The second kappa shape index (κ2) is 9.11. The zero-order valence-corrected chi connectivity index (χ0v) is 20.0. The number of hydrogen-bond acceptors (Lipinski definition) is 5. The molecule has 0 saturated heterocycles. The van der Waals surface area contributed by atoms with E-state index >= 15 is 0 Å². The third-order valence-corrected chi connectivity index (χ3v) is 7.82. The van der Waals surface area contributed by atoms with Crippen LogP contribution in [-0.4, -0.2) is 35.1 Å². The van der Waals surface area contributed by atoms with Crippen molar-refractivity contribution in [2.45, 2.75) is 57.6 Å². The molecule has 2 aromatic carbocycles. The highest BCUT2D eigenvalue weighted by molar-refractivity contribution is 6.04. The maximum absolute atomic E-state index is 13.0. The van der Waals surface area contributed by atoms with Crippen LogP contribution in [0.25, 0.3) is 0 Å². The van der Waals surface area contributed by atoms with Gasteiger partial charge in [-0.1, -0.05) is 42.0 Å². The molecular formula is C28H32N2O5. The predicted molar refractivity (Wildman–Crippen MR) is 130 cm³/mol. The largest absolute Gasteiger partial charge is 0.455 e. The first-order valence-corrected chi connectivity index (χ1v) is 12.4. The number of rotatable bonds is 7. The molecule has 184 valence electrons. The normalized spacial score (nSPS) is 28.4. The summed E-state index contributed by atoms with van der Waals surface area (Å²) in [5.41, 5.74) is 1.38. The van der Waals surface area contributed by atoms with Crippen molar-refractivity contribution < 1.29 is 24.2 Å². The monoisotopic (exact) mass is 476 g/mol. The number of para-hydroxylation sites is 1. The standard InChI is InChI=1S/C28H32N2O5/c1-18-6-8-19(9-7-18)15-29-25(32)22-4-2-3-5-23(22)30-24(31)16-35-26(33)27-11-20-10-21(12-27)14-28(34,13-20)17-27/h2-9,20-21,34H,10-17H2,1H3,(H,29,32)(H,30,31). The first-order valence-electron chi connectivity index (χ1n) is 12.4. The highest BCUT2D eigenvalue weighted by Gasteiger charge is 2.60. The Hall–Kier alpha value is -3.19. The Labute approximate surface area is 205 Å². The Bertz CT molecular complexity index is 1130. The summed E-state index contributed by atoms with van der Waals surface area (Å²) in [5, 5.41) is 16.5. The minimum Gasteiger partial charge on any atom is -0.455 e. The van der Waals surface area contributed by atoms with Crippen molar-refractivity contribution in [2.24, 2.45) is 17.3 Å². The Morgan fingerprint density at radius 2 is 1.69 bits per heavy atom. The second-order valence-corrected chi connectivity index (χ2v) is 10.8. The lowest BCUT2D eigenvalue weighted by Gasteiger charge is -2.58. The molecule has 3 N–H and O–H groups in total. The molecule has 7 nitrogen and oxygen atoms in total. The van der Waals surface area contributed by atoms with E-state index in [1.807, 2.05) is 31.2 Å². The topological polar surface area (TPSA) is 105 Å². The highest BCUT2D eigenvalue weighted by atomic mass is 16.5. The van der Waals surface area contributed by atoms with Crippen LogP contribution in [0.4, 0.5) is 5.69 Å². The molecule has 0 aromatic heterocycles. The van der Waals surface area contributed by atoms with Gasteiger partial charge in [-0.3, -0.25) is 14.4 Å². The lowest BCUT2D eigenvalue weighted by Crippen LogP contribution is -2.58. The lowest BCUT2D eigenvalue weighted by molar-refractivity contribution is -0.196. The fraction of sp³-hybridized carbons (Fsp3) is 0.464. The molecule has 0 aliphatic heterocycles. The van der Waals surface area contributed by atoms with E-state index in [1.165, 1.54) is 0 Å². The van der Waals surface area contributed by atoms with Crippen LogP contribution in [0.2, 0.25) is 0 Å². The van der Waals surface area contributed by atoms with Crippen LogP contribution >= 0.6 is 0 Å². The second-order valence-electron chi connectivity index (χ2n) is 10.8. The number of anilines is 1. The molecule has 0 heterocycles. The summed E-state index contributed by atoms with van der Waals surface area (Å²) in [7, 11) is 0. The molecule has 4 saturated carbocycles. The van der Waals surface area contributed by atoms with E-state index in [0.29, 0.717) is 36.1 Å². The molecule has 4 bridgehead atoms. The number of amides is 2. The Kier molecular flexibility index (Phi) is 6.13. The molecule has 2 aromatic rings. The number of hydrogen-bond donors (Lipinski definition) is 3. The van der Waals surface area contributed by atoms with Gasteiger partial charge < -0.3 is 20.5 Å². The van der Waals surface area contributed by atoms with Crippen molar-refractivity contribution >= 4 is 23.5 Å². The number of nitrogens with one attached hydrogen (secondary N) is 2. The van der Waals surface area contributed by atoms with E-state index in [4.69, 9.17) is 4.74 Å². The van der Waals surface area contributed by atoms with Crippen molar-refractivity contribution in [3.05, 3.63) is 65.2 Å². The molecule has 7 heteroatoms. The van der Waals surface area contributed by atoms with Crippen LogP contribution in [-0.2, 0) is 20.9 Å². The van der Waals surface area contributed by atoms with Gasteiger partial charge in [0.05, 0.1) is 22.3 Å².